The zero-order valence-electron chi connectivity index (χ0n) is 13.8. The normalized spacial score (nSPS) is 13.1. The van der Waals surface area contributed by atoms with Crippen LogP contribution in [0.3, 0.4) is 0 Å². The summed E-state index contributed by atoms with van der Waals surface area (Å²) in [7, 11) is -4.55. The number of fused-ring (bicyclic) bond motifs is 1. The third kappa shape index (κ3) is 3.78. The lowest BCUT2D eigenvalue weighted by molar-refractivity contribution is -0.118. The van der Waals surface area contributed by atoms with E-state index in [1.807, 2.05) is 26.0 Å². The first-order chi connectivity index (χ1) is 11.8. The Morgan fingerprint density at radius 1 is 1.16 bits per heavy atom. The topological polar surface area (TPSA) is 84.3 Å². The van der Waals surface area contributed by atoms with Crippen LogP contribution < -0.4 is 0 Å². The smallest absolute Gasteiger partial charge is 0.279 e. The molecule has 1 aromatic heterocycles. The highest BCUT2D eigenvalue weighted by Gasteiger charge is 2.33. The molecule has 0 aliphatic carbocycles. The second kappa shape index (κ2) is 6.67. The molecule has 0 saturated heterocycles. The van der Waals surface area contributed by atoms with Crippen molar-refractivity contribution in [2.24, 2.45) is 0 Å². The highest BCUT2D eigenvalue weighted by molar-refractivity contribution is 7.86. The van der Waals surface area contributed by atoms with Crippen LogP contribution in [-0.2, 0) is 21.3 Å². The van der Waals surface area contributed by atoms with Crippen LogP contribution in [0.1, 0.15) is 26.9 Å². The number of hydrogen-bond acceptors (Lipinski definition) is 5. The molecule has 0 aliphatic heterocycles. The largest absolute Gasteiger partial charge is 0.297 e. The lowest BCUT2D eigenvalue weighted by atomic mass is 10.1. The molecule has 0 fully saturated rings. The average Bonchev–Trinajstić information content (AvgIpc) is 2.88. The summed E-state index contributed by atoms with van der Waals surface area (Å²) >= 11 is 1.36. The van der Waals surface area contributed by atoms with Crippen LogP contribution in [0.2, 0.25) is 0 Å². The van der Waals surface area contributed by atoms with E-state index in [9.17, 15) is 17.8 Å². The molecule has 0 radical (unpaired) electrons. The molecule has 0 aliphatic rings. The van der Waals surface area contributed by atoms with Gasteiger partial charge in [-0.05, 0) is 42.7 Å². The van der Waals surface area contributed by atoms with Gasteiger partial charge in [-0.3, -0.25) is 9.35 Å². The van der Waals surface area contributed by atoms with E-state index < -0.39 is 21.2 Å². The van der Waals surface area contributed by atoms with Gasteiger partial charge >= 0.3 is 0 Å². The summed E-state index contributed by atoms with van der Waals surface area (Å²) in [4.78, 5) is 17.0. The molecule has 0 saturated carbocycles. The van der Waals surface area contributed by atoms with E-state index in [4.69, 9.17) is 0 Å². The summed E-state index contributed by atoms with van der Waals surface area (Å²) in [5.41, 5.74) is 3.28. The number of Topliss-reactive ketones (excluding diaryl/α,β-unsaturated/α-hetero) is 1. The second-order valence-corrected chi connectivity index (χ2v) is 8.58. The van der Waals surface area contributed by atoms with Crippen LogP contribution >= 0.6 is 11.3 Å². The van der Waals surface area contributed by atoms with Gasteiger partial charge < -0.3 is 0 Å². The number of nitrogens with zero attached hydrogens (tertiary/aromatic N) is 1. The Kier molecular flexibility index (Phi) is 4.73. The van der Waals surface area contributed by atoms with Gasteiger partial charge in [0.1, 0.15) is 5.01 Å². The molecule has 0 spiro atoms. The van der Waals surface area contributed by atoms with Gasteiger partial charge in [0, 0.05) is 0 Å². The van der Waals surface area contributed by atoms with Crippen LogP contribution in [0.15, 0.2) is 42.5 Å². The second-order valence-electron chi connectivity index (χ2n) is 5.96. The predicted octanol–water partition coefficient (Wildman–Crippen LogP) is 3.65. The van der Waals surface area contributed by atoms with E-state index in [0.29, 0.717) is 5.01 Å². The Hall–Kier alpha value is -2.09. The number of benzene rings is 2. The van der Waals surface area contributed by atoms with Gasteiger partial charge in [-0.1, -0.05) is 30.3 Å². The molecule has 5 nitrogen and oxygen atoms in total. The highest BCUT2D eigenvalue weighted by Crippen LogP contribution is 2.28. The SMILES string of the molecule is Cc1cc2nc(CC(=O)C(c3ccccc3)S(=O)(=O)O)sc2cc1C. The summed E-state index contributed by atoms with van der Waals surface area (Å²) < 4.78 is 34.0. The molecular formula is C18H17NO4S2. The minimum absolute atomic E-state index is 0.142. The first-order valence-electron chi connectivity index (χ1n) is 7.66. The Labute approximate surface area is 150 Å². The van der Waals surface area contributed by atoms with Crippen LogP contribution in [-0.4, -0.2) is 23.7 Å². The summed E-state index contributed by atoms with van der Waals surface area (Å²) in [6, 6.07) is 12.0. The van der Waals surface area contributed by atoms with E-state index in [-0.39, 0.29) is 12.0 Å². The predicted molar refractivity (Wildman–Crippen MR) is 98.5 cm³/mol. The maximum absolute atomic E-state index is 12.6. The van der Waals surface area contributed by atoms with Gasteiger partial charge in [0.2, 0.25) is 0 Å². The zero-order chi connectivity index (χ0) is 18.2. The summed E-state index contributed by atoms with van der Waals surface area (Å²) in [6.07, 6.45) is -0.142. The van der Waals surface area contributed by atoms with Crippen LogP contribution in [0.5, 0.6) is 0 Å². The molecule has 0 amide bonds. The number of carbonyl (C=O) groups excluding carboxylic acids is 1. The number of aromatic nitrogens is 1. The maximum Gasteiger partial charge on any atom is 0.279 e. The number of rotatable bonds is 5. The molecule has 1 heterocycles. The molecule has 1 unspecified atom stereocenters. The van der Waals surface area contributed by atoms with Crippen LogP contribution in [0, 0.1) is 13.8 Å². The lowest BCUT2D eigenvalue weighted by Gasteiger charge is -2.12. The molecule has 3 rings (SSSR count). The third-order valence-electron chi connectivity index (χ3n) is 4.07. The number of aryl methyl sites for hydroxylation is 2. The third-order valence-corrected chi connectivity index (χ3v) is 6.22. The van der Waals surface area contributed by atoms with Crippen molar-refractivity contribution in [3.63, 3.8) is 0 Å². The Morgan fingerprint density at radius 3 is 2.44 bits per heavy atom. The molecule has 3 aromatic rings. The first-order valence-corrected chi connectivity index (χ1v) is 9.98. The van der Waals surface area contributed by atoms with E-state index >= 15 is 0 Å². The summed E-state index contributed by atoms with van der Waals surface area (Å²) in [6.45, 7) is 3.99. The van der Waals surface area contributed by atoms with Crippen molar-refractivity contribution >= 4 is 37.5 Å². The molecule has 2 aromatic carbocycles. The van der Waals surface area contributed by atoms with E-state index in [2.05, 4.69) is 4.98 Å². The number of hydrogen-bond donors (Lipinski definition) is 1. The van der Waals surface area contributed by atoms with Crippen molar-refractivity contribution < 1.29 is 17.8 Å². The molecular weight excluding hydrogens is 358 g/mol. The highest BCUT2D eigenvalue weighted by atomic mass is 32.2. The Morgan fingerprint density at radius 2 is 1.80 bits per heavy atom. The van der Waals surface area contributed by atoms with E-state index in [1.54, 1.807) is 18.2 Å². The first kappa shape index (κ1) is 17.7. The van der Waals surface area contributed by atoms with Gasteiger partial charge in [0.25, 0.3) is 10.1 Å². The van der Waals surface area contributed by atoms with Crippen molar-refractivity contribution in [2.45, 2.75) is 25.5 Å². The van der Waals surface area contributed by atoms with E-state index in [0.717, 1.165) is 21.3 Å². The summed E-state index contributed by atoms with van der Waals surface area (Å²) in [5, 5.41) is -1.06. The van der Waals surface area contributed by atoms with Crippen LogP contribution in [0.25, 0.3) is 10.2 Å². The Bertz CT molecular complexity index is 1000. The van der Waals surface area contributed by atoms with Crippen molar-refractivity contribution in [1.29, 1.82) is 0 Å². The monoisotopic (exact) mass is 375 g/mol. The number of thiazole rings is 1. The molecule has 0 bridgehead atoms. The fourth-order valence-electron chi connectivity index (χ4n) is 2.70. The van der Waals surface area contributed by atoms with Crippen molar-refractivity contribution in [3.8, 4) is 0 Å². The fourth-order valence-corrected chi connectivity index (χ4v) is 4.67. The maximum atomic E-state index is 12.6. The molecule has 1 N–H and O–H groups in total. The van der Waals surface area contributed by atoms with Crippen molar-refractivity contribution in [3.05, 3.63) is 64.2 Å². The van der Waals surface area contributed by atoms with Crippen LogP contribution in [0.4, 0.5) is 0 Å². The van der Waals surface area contributed by atoms with Gasteiger partial charge in [-0.2, -0.15) is 8.42 Å². The van der Waals surface area contributed by atoms with Gasteiger partial charge in [0.15, 0.2) is 11.0 Å². The fraction of sp³-hybridized carbons (Fsp3) is 0.222. The van der Waals surface area contributed by atoms with E-state index in [1.165, 1.54) is 23.5 Å². The molecule has 7 heteroatoms. The standard InChI is InChI=1S/C18H17NO4S2/c1-11-8-14-16(9-12(11)2)24-17(19-14)10-15(20)18(25(21,22)23)13-6-4-3-5-7-13/h3-9,18H,10H2,1-2H3,(H,21,22,23). The molecule has 25 heavy (non-hydrogen) atoms. The minimum atomic E-state index is -4.55. The van der Waals surface area contributed by atoms with Crippen molar-refractivity contribution in [1.82, 2.24) is 4.98 Å². The van der Waals surface area contributed by atoms with Gasteiger partial charge in [0.05, 0.1) is 16.6 Å². The number of carbonyl (C=O) groups is 1. The number of ketones is 1. The minimum Gasteiger partial charge on any atom is -0.297 e. The molecule has 1 atom stereocenters. The van der Waals surface area contributed by atoms with Gasteiger partial charge in [-0.15, -0.1) is 11.3 Å². The quantitative estimate of drug-likeness (QED) is 0.688. The van der Waals surface area contributed by atoms with Gasteiger partial charge in [-0.25, -0.2) is 4.98 Å². The lowest BCUT2D eigenvalue weighted by Crippen LogP contribution is -2.23. The Balaban J connectivity index is 1.94. The zero-order valence-corrected chi connectivity index (χ0v) is 15.4. The average molecular weight is 375 g/mol. The summed E-state index contributed by atoms with van der Waals surface area (Å²) in [5.74, 6) is -0.596. The van der Waals surface area contributed by atoms with Crippen molar-refractivity contribution in [2.75, 3.05) is 0 Å². The molecule has 130 valence electrons.